The maximum Gasteiger partial charge on any atom is 0.195 e. The van der Waals surface area contributed by atoms with Crippen LogP contribution in [0.15, 0.2) is 53.5 Å². The molecule has 0 unspecified atom stereocenters. The Morgan fingerprint density at radius 1 is 1.03 bits per heavy atom. The molecular formula is C21H19N5O3. The lowest BCUT2D eigenvalue weighted by atomic mass is 10.2. The van der Waals surface area contributed by atoms with Crippen molar-refractivity contribution in [2.24, 2.45) is 0 Å². The van der Waals surface area contributed by atoms with Crippen LogP contribution in [0.3, 0.4) is 0 Å². The Labute approximate surface area is 167 Å². The molecule has 0 N–H and O–H groups in total. The van der Waals surface area contributed by atoms with Crippen molar-refractivity contribution in [3.63, 3.8) is 0 Å². The topological polar surface area (TPSA) is 86.4 Å². The van der Waals surface area contributed by atoms with Gasteiger partial charge in [-0.3, -0.25) is 9.97 Å². The minimum Gasteiger partial charge on any atom is -0.496 e. The van der Waals surface area contributed by atoms with Gasteiger partial charge < -0.3 is 18.8 Å². The lowest BCUT2D eigenvalue weighted by Gasteiger charge is -2.27. The molecule has 0 radical (unpaired) electrons. The predicted octanol–water partition coefficient (Wildman–Crippen LogP) is 3.19. The predicted molar refractivity (Wildman–Crippen MR) is 108 cm³/mol. The molecule has 1 fully saturated rings. The van der Waals surface area contributed by atoms with Crippen LogP contribution in [-0.4, -0.2) is 53.3 Å². The molecule has 146 valence electrons. The third-order valence-electron chi connectivity index (χ3n) is 4.85. The summed E-state index contributed by atoms with van der Waals surface area (Å²) in [6.45, 7) is 2.78. The second-order valence-electron chi connectivity index (χ2n) is 6.61. The van der Waals surface area contributed by atoms with Crippen molar-refractivity contribution in [3.8, 4) is 28.5 Å². The molecule has 0 spiro atoms. The van der Waals surface area contributed by atoms with Gasteiger partial charge in [-0.05, 0) is 18.2 Å². The Bertz CT molecular complexity index is 1140. The number of anilines is 1. The van der Waals surface area contributed by atoms with E-state index in [4.69, 9.17) is 23.9 Å². The van der Waals surface area contributed by atoms with Crippen LogP contribution >= 0.6 is 0 Å². The second-order valence-corrected chi connectivity index (χ2v) is 6.61. The van der Waals surface area contributed by atoms with Crippen LogP contribution in [0.5, 0.6) is 5.75 Å². The third kappa shape index (κ3) is 3.27. The molecular weight excluding hydrogens is 370 g/mol. The average Bonchev–Trinajstić information content (AvgIpc) is 3.23. The molecule has 0 aliphatic carbocycles. The molecule has 0 saturated carbocycles. The fourth-order valence-corrected chi connectivity index (χ4v) is 3.41. The van der Waals surface area contributed by atoms with Gasteiger partial charge in [0.2, 0.25) is 0 Å². The summed E-state index contributed by atoms with van der Waals surface area (Å²) < 4.78 is 17.2. The minimum atomic E-state index is 0.609. The van der Waals surface area contributed by atoms with Crippen molar-refractivity contribution in [2.45, 2.75) is 0 Å². The largest absolute Gasteiger partial charge is 0.496 e. The van der Waals surface area contributed by atoms with Gasteiger partial charge in [0.15, 0.2) is 17.2 Å². The van der Waals surface area contributed by atoms with Gasteiger partial charge in [0.25, 0.3) is 0 Å². The SMILES string of the molecule is COc1ccncc1-c1cc2nc(-c3cccnc3)nc(N3CCOCC3)c2o1. The Balaban J connectivity index is 1.70. The van der Waals surface area contributed by atoms with E-state index in [-0.39, 0.29) is 0 Å². The Kier molecular flexibility index (Phi) is 4.53. The van der Waals surface area contributed by atoms with Gasteiger partial charge in [0, 0.05) is 49.5 Å². The van der Waals surface area contributed by atoms with Gasteiger partial charge in [-0.2, -0.15) is 0 Å². The van der Waals surface area contributed by atoms with Gasteiger partial charge in [0.05, 0.1) is 25.9 Å². The fourth-order valence-electron chi connectivity index (χ4n) is 3.41. The number of methoxy groups -OCH3 is 1. The zero-order chi connectivity index (χ0) is 19.6. The van der Waals surface area contributed by atoms with Crippen molar-refractivity contribution in [1.29, 1.82) is 0 Å². The van der Waals surface area contributed by atoms with E-state index in [0.29, 0.717) is 36.1 Å². The highest BCUT2D eigenvalue weighted by Crippen LogP contribution is 2.36. The molecule has 0 bridgehead atoms. The summed E-state index contributed by atoms with van der Waals surface area (Å²) in [7, 11) is 1.63. The van der Waals surface area contributed by atoms with Crippen molar-refractivity contribution in [1.82, 2.24) is 19.9 Å². The highest BCUT2D eigenvalue weighted by molar-refractivity contribution is 5.90. The van der Waals surface area contributed by atoms with Crippen molar-refractivity contribution in [2.75, 3.05) is 38.3 Å². The van der Waals surface area contributed by atoms with E-state index in [1.54, 1.807) is 38.0 Å². The summed E-state index contributed by atoms with van der Waals surface area (Å²) in [5.41, 5.74) is 2.98. The molecule has 8 nitrogen and oxygen atoms in total. The van der Waals surface area contributed by atoms with Crippen LogP contribution in [0.1, 0.15) is 0 Å². The lowest BCUT2D eigenvalue weighted by Crippen LogP contribution is -2.37. The van der Waals surface area contributed by atoms with E-state index in [1.165, 1.54) is 0 Å². The number of rotatable bonds is 4. The van der Waals surface area contributed by atoms with Gasteiger partial charge in [0.1, 0.15) is 17.0 Å². The van der Waals surface area contributed by atoms with Gasteiger partial charge in [-0.15, -0.1) is 0 Å². The number of morpholine rings is 1. The summed E-state index contributed by atoms with van der Waals surface area (Å²) in [5, 5.41) is 0. The third-order valence-corrected chi connectivity index (χ3v) is 4.85. The van der Waals surface area contributed by atoms with Crippen molar-refractivity contribution in [3.05, 3.63) is 49.1 Å². The van der Waals surface area contributed by atoms with Crippen LogP contribution in [-0.2, 0) is 4.74 Å². The first-order chi connectivity index (χ1) is 14.3. The monoisotopic (exact) mass is 389 g/mol. The van der Waals surface area contributed by atoms with E-state index < -0.39 is 0 Å². The van der Waals surface area contributed by atoms with Crippen LogP contribution < -0.4 is 9.64 Å². The molecule has 4 aromatic heterocycles. The number of fused-ring (bicyclic) bond motifs is 1. The van der Waals surface area contributed by atoms with Gasteiger partial charge in [-0.25, -0.2) is 9.97 Å². The first-order valence-electron chi connectivity index (χ1n) is 9.36. The van der Waals surface area contributed by atoms with Crippen molar-refractivity contribution < 1.29 is 13.9 Å². The van der Waals surface area contributed by atoms with Crippen LogP contribution in [0, 0.1) is 0 Å². The first-order valence-corrected chi connectivity index (χ1v) is 9.36. The van der Waals surface area contributed by atoms with E-state index >= 15 is 0 Å². The molecule has 5 rings (SSSR count). The standard InChI is InChI=1S/C21H19N5O3/c1-27-17-4-6-23-13-15(17)18-11-16-19(29-18)21(26-7-9-28-10-8-26)25-20(24-16)14-3-2-5-22-12-14/h2-6,11-13H,7-10H2,1H3. The maximum atomic E-state index is 6.23. The second kappa shape index (κ2) is 7.48. The number of hydrogen-bond acceptors (Lipinski definition) is 8. The van der Waals surface area contributed by atoms with Crippen LogP contribution in [0.25, 0.3) is 33.8 Å². The number of aromatic nitrogens is 4. The van der Waals surface area contributed by atoms with Crippen molar-refractivity contribution >= 4 is 16.9 Å². The van der Waals surface area contributed by atoms with E-state index in [2.05, 4.69) is 14.9 Å². The van der Waals surface area contributed by atoms with Gasteiger partial charge >= 0.3 is 0 Å². The van der Waals surface area contributed by atoms with E-state index in [9.17, 15) is 0 Å². The molecule has 1 aliphatic heterocycles. The fraction of sp³-hybridized carbons (Fsp3) is 0.238. The normalized spacial score (nSPS) is 14.3. The molecule has 1 saturated heterocycles. The quantitative estimate of drug-likeness (QED) is 0.526. The Morgan fingerprint density at radius 3 is 2.69 bits per heavy atom. The first kappa shape index (κ1) is 17.6. The number of hydrogen-bond donors (Lipinski definition) is 0. The zero-order valence-corrected chi connectivity index (χ0v) is 15.9. The molecule has 0 amide bonds. The summed E-state index contributed by atoms with van der Waals surface area (Å²) in [6, 6.07) is 7.53. The van der Waals surface area contributed by atoms with Crippen LogP contribution in [0.4, 0.5) is 5.82 Å². The number of ether oxygens (including phenoxy) is 2. The number of pyridine rings is 2. The summed E-state index contributed by atoms with van der Waals surface area (Å²) in [5.74, 6) is 2.69. The summed E-state index contributed by atoms with van der Waals surface area (Å²) in [4.78, 5) is 20.1. The molecule has 4 aromatic rings. The van der Waals surface area contributed by atoms with Crippen LogP contribution in [0.2, 0.25) is 0 Å². The minimum absolute atomic E-state index is 0.609. The van der Waals surface area contributed by atoms with E-state index in [1.807, 2.05) is 18.2 Å². The lowest BCUT2D eigenvalue weighted by molar-refractivity contribution is 0.122. The highest BCUT2D eigenvalue weighted by Gasteiger charge is 2.22. The molecule has 0 atom stereocenters. The van der Waals surface area contributed by atoms with E-state index in [0.717, 1.165) is 35.6 Å². The molecule has 5 heterocycles. The average molecular weight is 389 g/mol. The Morgan fingerprint density at radius 2 is 1.90 bits per heavy atom. The number of furan rings is 1. The molecule has 0 aromatic carbocycles. The van der Waals surface area contributed by atoms with Gasteiger partial charge in [-0.1, -0.05) is 0 Å². The molecule has 29 heavy (non-hydrogen) atoms. The smallest absolute Gasteiger partial charge is 0.195 e. The number of nitrogens with zero attached hydrogens (tertiary/aromatic N) is 5. The maximum absolute atomic E-state index is 6.23. The zero-order valence-electron chi connectivity index (χ0n) is 15.9. The summed E-state index contributed by atoms with van der Waals surface area (Å²) >= 11 is 0. The molecule has 1 aliphatic rings. The Hall–Kier alpha value is -3.52. The summed E-state index contributed by atoms with van der Waals surface area (Å²) in [6.07, 6.45) is 6.90. The molecule has 8 heteroatoms. The highest BCUT2D eigenvalue weighted by atomic mass is 16.5.